The fourth-order valence-corrected chi connectivity index (χ4v) is 2.38. The van der Waals surface area contributed by atoms with Crippen LogP contribution in [0.1, 0.15) is 28.5 Å². The predicted molar refractivity (Wildman–Crippen MR) is 69.0 cm³/mol. The normalized spacial score (nSPS) is 17.2. The fraction of sp³-hybridized carbons (Fsp3) is 0.308. The Morgan fingerprint density at radius 3 is 3.15 bits per heavy atom. The van der Waals surface area contributed by atoms with E-state index in [1.54, 1.807) is 10.7 Å². The molecule has 0 aliphatic carbocycles. The van der Waals surface area contributed by atoms with Gasteiger partial charge in [-0.1, -0.05) is 17.3 Å². The number of benzene rings is 1. The van der Waals surface area contributed by atoms with E-state index in [0.717, 1.165) is 12.0 Å². The summed E-state index contributed by atoms with van der Waals surface area (Å²) < 4.78 is 19.6. The van der Waals surface area contributed by atoms with E-state index in [1.807, 2.05) is 6.07 Å². The van der Waals surface area contributed by atoms with Crippen molar-refractivity contribution in [3.63, 3.8) is 0 Å². The molecular formula is C13H13FN4O2. The Kier molecular flexibility index (Phi) is 3.09. The number of rotatable bonds is 2. The van der Waals surface area contributed by atoms with Gasteiger partial charge in [0, 0.05) is 6.54 Å². The number of halogens is 1. The molecule has 20 heavy (non-hydrogen) atoms. The minimum absolute atomic E-state index is 0.146. The number of aromatic nitrogens is 3. The summed E-state index contributed by atoms with van der Waals surface area (Å²) in [6.07, 6.45) is 0.737. The van der Waals surface area contributed by atoms with Crippen molar-refractivity contribution in [2.24, 2.45) is 0 Å². The largest absolute Gasteiger partial charge is 0.464 e. The van der Waals surface area contributed by atoms with Crippen molar-refractivity contribution in [3.8, 4) is 0 Å². The number of ether oxygens (including phenoxy) is 1. The molecule has 1 aliphatic heterocycles. The van der Waals surface area contributed by atoms with Crippen LogP contribution < -0.4 is 5.32 Å². The van der Waals surface area contributed by atoms with Crippen LogP contribution in [0.25, 0.3) is 0 Å². The molecule has 0 fully saturated rings. The van der Waals surface area contributed by atoms with E-state index >= 15 is 0 Å². The van der Waals surface area contributed by atoms with Crippen LogP contribution in [0.4, 0.5) is 10.2 Å². The van der Waals surface area contributed by atoms with Crippen molar-refractivity contribution >= 4 is 11.8 Å². The van der Waals surface area contributed by atoms with Crippen LogP contribution in [0.2, 0.25) is 0 Å². The number of esters is 1. The second kappa shape index (κ2) is 4.92. The lowest BCUT2D eigenvalue weighted by Crippen LogP contribution is -2.25. The first kappa shape index (κ1) is 12.6. The molecule has 0 amide bonds. The second-order valence-corrected chi connectivity index (χ2v) is 4.51. The molecule has 2 aromatic rings. The van der Waals surface area contributed by atoms with Crippen LogP contribution in [0, 0.1) is 5.82 Å². The van der Waals surface area contributed by atoms with Crippen LogP contribution in [-0.2, 0) is 4.74 Å². The number of carbonyl (C=O) groups is 1. The van der Waals surface area contributed by atoms with Crippen molar-refractivity contribution in [2.45, 2.75) is 12.5 Å². The van der Waals surface area contributed by atoms with Gasteiger partial charge in [0.05, 0.1) is 13.2 Å². The highest BCUT2D eigenvalue weighted by Gasteiger charge is 2.28. The summed E-state index contributed by atoms with van der Waals surface area (Å²) in [6.45, 7) is 0.651. The molecule has 3 rings (SSSR count). The molecular weight excluding hydrogens is 263 g/mol. The van der Waals surface area contributed by atoms with Crippen LogP contribution >= 0.6 is 0 Å². The zero-order valence-electron chi connectivity index (χ0n) is 10.8. The number of nitrogens with one attached hydrogen (secondary N) is 1. The van der Waals surface area contributed by atoms with Gasteiger partial charge < -0.3 is 10.1 Å². The minimum atomic E-state index is -0.543. The lowest BCUT2D eigenvalue weighted by molar-refractivity contribution is 0.0595. The first-order valence-electron chi connectivity index (χ1n) is 6.23. The van der Waals surface area contributed by atoms with E-state index in [4.69, 9.17) is 0 Å². The maximum atomic E-state index is 13.4. The average Bonchev–Trinajstić information content (AvgIpc) is 2.90. The van der Waals surface area contributed by atoms with Crippen molar-refractivity contribution in [1.29, 1.82) is 0 Å². The molecule has 0 radical (unpaired) electrons. The summed E-state index contributed by atoms with van der Waals surface area (Å²) in [4.78, 5) is 11.6. The number of nitrogens with zero attached hydrogens (tertiary/aromatic N) is 3. The third kappa shape index (κ3) is 2.01. The number of methoxy groups -OCH3 is 1. The van der Waals surface area contributed by atoms with Gasteiger partial charge in [-0.05, 0) is 24.1 Å². The van der Waals surface area contributed by atoms with Crippen molar-refractivity contribution in [2.75, 3.05) is 19.0 Å². The van der Waals surface area contributed by atoms with Gasteiger partial charge in [0.1, 0.15) is 5.82 Å². The maximum absolute atomic E-state index is 13.4. The van der Waals surface area contributed by atoms with Crippen LogP contribution in [-0.4, -0.2) is 34.6 Å². The molecule has 1 unspecified atom stereocenters. The maximum Gasteiger partial charge on any atom is 0.362 e. The number of anilines is 1. The quantitative estimate of drug-likeness (QED) is 0.844. The molecule has 1 aromatic heterocycles. The van der Waals surface area contributed by atoms with Gasteiger partial charge >= 0.3 is 5.97 Å². The van der Waals surface area contributed by atoms with Gasteiger partial charge in [0.25, 0.3) is 0 Å². The summed E-state index contributed by atoms with van der Waals surface area (Å²) in [5, 5.41) is 10.9. The lowest BCUT2D eigenvalue weighted by atomic mass is 10.0. The van der Waals surface area contributed by atoms with Gasteiger partial charge in [-0.2, -0.15) is 0 Å². The first-order chi connectivity index (χ1) is 9.70. The first-order valence-corrected chi connectivity index (χ1v) is 6.23. The molecule has 2 heterocycles. The molecule has 104 valence electrons. The Morgan fingerprint density at radius 2 is 2.40 bits per heavy atom. The second-order valence-electron chi connectivity index (χ2n) is 4.51. The highest BCUT2D eigenvalue weighted by molar-refractivity contribution is 5.92. The number of hydrogen-bond donors (Lipinski definition) is 1. The highest BCUT2D eigenvalue weighted by atomic mass is 19.1. The zero-order chi connectivity index (χ0) is 14.1. The topological polar surface area (TPSA) is 69.0 Å². The SMILES string of the molecule is COC(=O)c1nnn2c1NCCC2c1cccc(F)c1. The van der Waals surface area contributed by atoms with Gasteiger partial charge in [0.2, 0.25) is 5.69 Å². The summed E-state index contributed by atoms with van der Waals surface area (Å²) in [5.74, 6) is -0.327. The minimum Gasteiger partial charge on any atom is -0.464 e. The van der Waals surface area contributed by atoms with E-state index < -0.39 is 5.97 Å². The standard InChI is InChI=1S/C13H13FN4O2/c1-20-13(19)11-12-15-6-5-10(18(12)17-16-11)8-3-2-4-9(14)7-8/h2-4,7,10,15H,5-6H2,1H3. The van der Waals surface area contributed by atoms with Crippen molar-refractivity contribution in [1.82, 2.24) is 15.0 Å². The summed E-state index contributed by atoms with van der Waals surface area (Å²) in [7, 11) is 1.29. The average molecular weight is 276 g/mol. The molecule has 1 aromatic carbocycles. The van der Waals surface area contributed by atoms with Crippen LogP contribution in [0.15, 0.2) is 24.3 Å². The number of fused-ring (bicyclic) bond motifs is 1. The summed E-state index contributed by atoms with van der Waals surface area (Å²) in [6, 6.07) is 6.21. The smallest absolute Gasteiger partial charge is 0.362 e. The van der Waals surface area contributed by atoms with Crippen LogP contribution in [0.5, 0.6) is 0 Å². The summed E-state index contributed by atoms with van der Waals surface area (Å²) in [5.41, 5.74) is 0.947. The molecule has 0 saturated carbocycles. The highest BCUT2D eigenvalue weighted by Crippen LogP contribution is 2.30. The van der Waals surface area contributed by atoms with E-state index in [9.17, 15) is 9.18 Å². The molecule has 7 heteroatoms. The molecule has 1 atom stereocenters. The lowest BCUT2D eigenvalue weighted by Gasteiger charge is -2.25. The monoisotopic (exact) mass is 276 g/mol. The Hall–Kier alpha value is -2.44. The van der Waals surface area contributed by atoms with E-state index in [-0.39, 0.29) is 17.6 Å². The molecule has 0 saturated heterocycles. The third-order valence-electron chi connectivity index (χ3n) is 3.31. The van der Waals surface area contributed by atoms with Gasteiger partial charge in [-0.15, -0.1) is 5.10 Å². The zero-order valence-corrected chi connectivity index (χ0v) is 10.8. The fourth-order valence-electron chi connectivity index (χ4n) is 2.38. The van der Waals surface area contributed by atoms with E-state index in [1.165, 1.54) is 19.2 Å². The van der Waals surface area contributed by atoms with Gasteiger partial charge in [-0.3, -0.25) is 0 Å². The molecule has 0 bridgehead atoms. The summed E-state index contributed by atoms with van der Waals surface area (Å²) >= 11 is 0. The third-order valence-corrected chi connectivity index (χ3v) is 3.31. The Morgan fingerprint density at radius 1 is 1.55 bits per heavy atom. The van der Waals surface area contributed by atoms with Crippen molar-refractivity contribution < 1.29 is 13.9 Å². The Bertz CT molecular complexity index is 656. The Labute approximate surface area is 114 Å². The molecule has 1 N–H and O–H groups in total. The van der Waals surface area contributed by atoms with Crippen molar-refractivity contribution in [3.05, 3.63) is 41.3 Å². The van der Waals surface area contributed by atoms with Gasteiger partial charge in [0.15, 0.2) is 5.82 Å². The predicted octanol–water partition coefficient (Wildman–Crippen LogP) is 1.61. The van der Waals surface area contributed by atoms with E-state index in [2.05, 4.69) is 20.4 Å². The molecule has 1 aliphatic rings. The molecule has 0 spiro atoms. The van der Waals surface area contributed by atoms with E-state index in [0.29, 0.717) is 12.4 Å². The van der Waals surface area contributed by atoms with Gasteiger partial charge in [-0.25, -0.2) is 13.9 Å². The number of hydrogen-bond acceptors (Lipinski definition) is 5. The molecule has 6 nitrogen and oxygen atoms in total. The van der Waals surface area contributed by atoms with Crippen LogP contribution in [0.3, 0.4) is 0 Å². The Balaban J connectivity index is 2.03. The number of carbonyl (C=O) groups excluding carboxylic acids is 1.